The van der Waals surface area contributed by atoms with Gasteiger partial charge in [0.1, 0.15) is 12.1 Å². The third-order valence-corrected chi connectivity index (χ3v) is 2.98. The van der Waals surface area contributed by atoms with Crippen LogP contribution in [-0.4, -0.2) is 46.7 Å². The molecule has 20 heavy (non-hydrogen) atoms. The highest BCUT2D eigenvalue weighted by Gasteiger charge is 2.23. The molecule has 0 saturated heterocycles. The molecule has 7 heteroatoms. The van der Waals surface area contributed by atoms with Crippen molar-refractivity contribution in [3.63, 3.8) is 0 Å². The molecule has 0 fully saturated rings. The zero-order valence-corrected chi connectivity index (χ0v) is 12.1. The smallest absolute Gasteiger partial charge is 0.325 e. The highest BCUT2D eigenvalue weighted by molar-refractivity contribution is 5.97. The van der Waals surface area contributed by atoms with E-state index in [9.17, 15) is 14.4 Å². The van der Waals surface area contributed by atoms with Crippen LogP contribution in [0.2, 0.25) is 0 Å². The van der Waals surface area contributed by atoms with E-state index in [0.717, 1.165) is 0 Å². The Morgan fingerprint density at radius 3 is 2.50 bits per heavy atom. The van der Waals surface area contributed by atoms with Gasteiger partial charge in [-0.3, -0.25) is 14.4 Å². The monoisotopic (exact) mass is 281 g/mol. The van der Waals surface area contributed by atoms with Crippen LogP contribution in [0.25, 0.3) is 0 Å². The van der Waals surface area contributed by atoms with Gasteiger partial charge in [0, 0.05) is 6.54 Å². The average Bonchev–Trinajstić information content (AvgIpc) is 2.41. The number of amides is 1. The van der Waals surface area contributed by atoms with E-state index in [2.05, 4.69) is 10.2 Å². The summed E-state index contributed by atoms with van der Waals surface area (Å²) in [5.41, 5.74) is 0.547. The molecule has 0 atom stereocenters. The summed E-state index contributed by atoms with van der Waals surface area (Å²) in [6.45, 7) is 7.15. The molecule has 1 heterocycles. The summed E-state index contributed by atoms with van der Waals surface area (Å²) in [5, 5.41) is 6.08. The number of aromatic nitrogens is 2. The molecule has 0 saturated carbocycles. The van der Waals surface area contributed by atoms with Crippen molar-refractivity contribution in [2.24, 2.45) is 0 Å². The summed E-state index contributed by atoms with van der Waals surface area (Å²) in [6.07, 6.45) is 0. The second kappa shape index (κ2) is 6.83. The molecule has 0 aliphatic heterocycles. The van der Waals surface area contributed by atoms with Gasteiger partial charge in [0.05, 0.1) is 12.3 Å². The number of nitrogens with zero attached hydrogens (tertiary/aromatic N) is 2. The molecule has 0 unspecified atom stereocenters. The lowest BCUT2D eigenvalue weighted by molar-refractivity contribution is -0.143. The van der Waals surface area contributed by atoms with Crippen LogP contribution < -0.4 is 5.56 Å². The minimum absolute atomic E-state index is 0.0173. The maximum atomic E-state index is 12.4. The van der Waals surface area contributed by atoms with Crippen LogP contribution in [-0.2, 0) is 9.53 Å². The number of likely N-dealkylation sites (N-methyl/N-ethyl adjacent to an activating group) is 1. The molecule has 110 valence electrons. The molecule has 0 spiro atoms. The summed E-state index contributed by atoms with van der Waals surface area (Å²) in [4.78, 5) is 36.9. The molecular weight excluding hydrogens is 262 g/mol. The number of carbonyl (C=O) groups excluding carboxylic acids is 2. The molecule has 7 nitrogen and oxygen atoms in total. The zero-order chi connectivity index (χ0) is 15.3. The first-order chi connectivity index (χ1) is 9.42. The number of nitrogens with one attached hydrogen (secondary N) is 1. The Labute approximate surface area is 116 Å². The van der Waals surface area contributed by atoms with Gasteiger partial charge in [-0.1, -0.05) is 0 Å². The summed E-state index contributed by atoms with van der Waals surface area (Å²) < 4.78 is 4.81. The minimum Gasteiger partial charge on any atom is -0.465 e. The van der Waals surface area contributed by atoms with Crippen molar-refractivity contribution in [2.75, 3.05) is 19.7 Å². The van der Waals surface area contributed by atoms with Crippen molar-refractivity contribution < 1.29 is 14.3 Å². The van der Waals surface area contributed by atoms with Crippen LogP contribution >= 0.6 is 0 Å². The van der Waals surface area contributed by atoms with Gasteiger partial charge in [-0.25, -0.2) is 5.10 Å². The predicted octanol–water partition coefficient (Wildman–Crippen LogP) is 0.412. The fraction of sp³-hybridized carbons (Fsp3) is 0.538. The topological polar surface area (TPSA) is 92.4 Å². The van der Waals surface area contributed by atoms with Gasteiger partial charge in [-0.05, 0) is 33.3 Å². The number of H-pyrrole nitrogens is 1. The summed E-state index contributed by atoms with van der Waals surface area (Å²) in [5.74, 6) is -0.993. The number of esters is 1. The molecule has 0 aromatic carbocycles. The lowest BCUT2D eigenvalue weighted by atomic mass is 10.1. The summed E-state index contributed by atoms with van der Waals surface area (Å²) in [7, 11) is 0. The van der Waals surface area contributed by atoms with E-state index >= 15 is 0 Å². The second-order valence-corrected chi connectivity index (χ2v) is 4.26. The van der Waals surface area contributed by atoms with Crippen LogP contribution in [0.3, 0.4) is 0 Å². The van der Waals surface area contributed by atoms with Gasteiger partial charge in [0.25, 0.3) is 11.5 Å². The molecule has 0 bridgehead atoms. The van der Waals surface area contributed by atoms with Crippen LogP contribution in [0, 0.1) is 13.8 Å². The highest BCUT2D eigenvalue weighted by atomic mass is 16.5. The Kier molecular flexibility index (Phi) is 5.42. The van der Waals surface area contributed by atoms with Crippen LogP contribution in [0.5, 0.6) is 0 Å². The predicted molar refractivity (Wildman–Crippen MR) is 72.5 cm³/mol. The van der Waals surface area contributed by atoms with Crippen LogP contribution in [0.15, 0.2) is 4.79 Å². The van der Waals surface area contributed by atoms with E-state index in [4.69, 9.17) is 4.74 Å². The van der Waals surface area contributed by atoms with E-state index in [1.54, 1.807) is 27.7 Å². The molecular formula is C13H19N3O4. The Hall–Kier alpha value is -2.18. The molecule has 0 aliphatic rings. The minimum atomic E-state index is -0.555. The number of hydrogen-bond acceptors (Lipinski definition) is 5. The number of aromatic amines is 1. The van der Waals surface area contributed by atoms with Crippen molar-refractivity contribution in [3.05, 3.63) is 27.2 Å². The Morgan fingerprint density at radius 2 is 1.95 bits per heavy atom. The molecule has 1 amide bonds. The van der Waals surface area contributed by atoms with E-state index in [1.807, 2.05) is 0 Å². The SMILES string of the molecule is CCOC(=O)CN(CC)C(=O)c1c(C)c(C)n[nH]c1=O. The van der Waals surface area contributed by atoms with Crippen molar-refractivity contribution in [2.45, 2.75) is 27.7 Å². The van der Waals surface area contributed by atoms with Gasteiger partial charge >= 0.3 is 5.97 Å². The van der Waals surface area contributed by atoms with E-state index < -0.39 is 17.4 Å². The number of carbonyl (C=O) groups is 2. The zero-order valence-electron chi connectivity index (χ0n) is 12.1. The third-order valence-electron chi connectivity index (χ3n) is 2.98. The molecule has 1 aromatic heterocycles. The molecule has 1 aromatic rings. The van der Waals surface area contributed by atoms with E-state index in [-0.39, 0.29) is 18.7 Å². The molecule has 1 rings (SSSR count). The van der Waals surface area contributed by atoms with Gasteiger partial charge in [0.2, 0.25) is 0 Å². The first-order valence-corrected chi connectivity index (χ1v) is 6.43. The second-order valence-electron chi connectivity index (χ2n) is 4.26. The number of aryl methyl sites for hydroxylation is 1. The number of hydrogen-bond donors (Lipinski definition) is 1. The summed E-state index contributed by atoms with van der Waals surface area (Å²) in [6, 6.07) is 0. The van der Waals surface area contributed by atoms with Gasteiger partial charge in [-0.2, -0.15) is 5.10 Å². The first kappa shape index (κ1) is 15.9. The van der Waals surface area contributed by atoms with Crippen molar-refractivity contribution in [1.29, 1.82) is 0 Å². The number of rotatable bonds is 5. The van der Waals surface area contributed by atoms with Crippen molar-refractivity contribution in [1.82, 2.24) is 15.1 Å². The normalized spacial score (nSPS) is 10.2. The molecule has 0 radical (unpaired) electrons. The maximum Gasteiger partial charge on any atom is 0.325 e. The quantitative estimate of drug-likeness (QED) is 0.789. The van der Waals surface area contributed by atoms with E-state index in [0.29, 0.717) is 17.8 Å². The van der Waals surface area contributed by atoms with Crippen LogP contribution in [0.4, 0.5) is 0 Å². The lowest BCUT2D eigenvalue weighted by Gasteiger charge is -2.20. The van der Waals surface area contributed by atoms with Gasteiger partial charge < -0.3 is 9.64 Å². The largest absolute Gasteiger partial charge is 0.465 e. The molecule has 1 N–H and O–H groups in total. The third kappa shape index (κ3) is 3.43. The van der Waals surface area contributed by atoms with Gasteiger partial charge in [0.15, 0.2) is 0 Å². The van der Waals surface area contributed by atoms with E-state index in [1.165, 1.54) is 4.90 Å². The maximum absolute atomic E-state index is 12.4. The van der Waals surface area contributed by atoms with Crippen molar-refractivity contribution in [3.8, 4) is 0 Å². The fourth-order valence-corrected chi connectivity index (χ4v) is 1.73. The summed E-state index contributed by atoms with van der Waals surface area (Å²) >= 11 is 0. The Balaban J connectivity index is 3.06. The van der Waals surface area contributed by atoms with Gasteiger partial charge in [-0.15, -0.1) is 0 Å². The Morgan fingerprint density at radius 1 is 1.30 bits per heavy atom. The molecule has 0 aliphatic carbocycles. The number of ether oxygens (including phenoxy) is 1. The highest BCUT2D eigenvalue weighted by Crippen LogP contribution is 2.08. The standard InChI is InChI=1S/C13H19N3O4/c1-5-16(7-10(17)20-6-2)13(19)11-8(3)9(4)14-15-12(11)18/h5-7H2,1-4H3,(H,15,18). The van der Waals surface area contributed by atoms with Crippen molar-refractivity contribution >= 4 is 11.9 Å². The lowest BCUT2D eigenvalue weighted by Crippen LogP contribution is -2.39. The Bertz CT molecular complexity index is 565. The first-order valence-electron chi connectivity index (χ1n) is 6.43. The fourth-order valence-electron chi connectivity index (χ4n) is 1.73. The van der Waals surface area contributed by atoms with Crippen LogP contribution in [0.1, 0.15) is 35.5 Å². The average molecular weight is 281 g/mol.